The molecule has 0 saturated carbocycles. The molecule has 0 amide bonds. The molecule has 3 rings (SSSR count). The van der Waals surface area contributed by atoms with Crippen molar-refractivity contribution >= 4 is 23.6 Å². The third-order valence-corrected chi connectivity index (χ3v) is 4.04. The molecule has 0 saturated heterocycles. The Labute approximate surface area is 149 Å². The Hall–Kier alpha value is -2.80. The maximum Gasteiger partial charge on any atom is 0.358 e. The predicted octanol–water partition coefficient (Wildman–Crippen LogP) is 3.76. The summed E-state index contributed by atoms with van der Waals surface area (Å²) < 4.78 is 6.82. The van der Waals surface area contributed by atoms with Gasteiger partial charge in [0.25, 0.3) is 0 Å². The van der Waals surface area contributed by atoms with Gasteiger partial charge in [-0.1, -0.05) is 30.3 Å². The summed E-state index contributed by atoms with van der Waals surface area (Å²) in [6.45, 7) is 5.40. The molecule has 0 aliphatic rings. The van der Waals surface area contributed by atoms with Crippen molar-refractivity contribution in [1.29, 1.82) is 0 Å². The van der Waals surface area contributed by atoms with Gasteiger partial charge in [0, 0.05) is 17.1 Å². The van der Waals surface area contributed by atoms with E-state index in [9.17, 15) is 9.59 Å². The highest BCUT2D eigenvalue weighted by Gasteiger charge is 2.21. The number of ether oxygens (including phenoxy) is 1. The van der Waals surface area contributed by atoms with Crippen LogP contribution >= 0.6 is 11.3 Å². The first kappa shape index (κ1) is 17.0. The van der Waals surface area contributed by atoms with Gasteiger partial charge in [0.1, 0.15) is 11.3 Å². The minimum Gasteiger partial charge on any atom is -0.455 e. The fourth-order valence-corrected chi connectivity index (χ4v) is 2.90. The molecule has 0 aliphatic carbocycles. The number of nitrogens with zero attached hydrogens (tertiary/aromatic N) is 3. The molecule has 7 heteroatoms. The van der Waals surface area contributed by atoms with Crippen LogP contribution in [-0.4, -0.2) is 32.6 Å². The summed E-state index contributed by atoms with van der Waals surface area (Å²) in [5, 5.41) is 6.56. The van der Waals surface area contributed by atoms with E-state index in [-0.39, 0.29) is 5.69 Å². The Balaban J connectivity index is 1.92. The molecule has 0 N–H and O–H groups in total. The summed E-state index contributed by atoms with van der Waals surface area (Å²) in [4.78, 5) is 27.7. The molecule has 128 valence electrons. The molecule has 0 fully saturated rings. The lowest BCUT2D eigenvalue weighted by molar-refractivity contribution is 0.00636. The zero-order valence-corrected chi connectivity index (χ0v) is 14.9. The molecule has 0 radical (unpaired) electrons. The minimum atomic E-state index is -0.586. The van der Waals surface area contributed by atoms with Crippen LogP contribution in [0.3, 0.4) is 0 Å². The first-order chi connectivity index (χ1) is 11.9. The molecule has 0 atom stereocenters. The fourth-order valence-electron chi connectivity index (χ4n) is 2.19. The van der Waals surface area contributed by atoms with Crippen LogP contribution < -0.4 is 0 Å². The second-order valence-electron chi connectivity index (χ2n) is 6.38. The molecular weight excluding hydrogens is 338 g/mol. The van der Waals surface area contributed by atoms with Crippen LogP contribution in [0.5, 0.6) is 0 Å². The number of benzene rings is 1. The molecular formula is C18H17N3O3S. The molecule has 2 heterocycles. The van der Waals surface area contributed by atoms with E-state index < -0.39 is 11.6 Å². The SMILES string of the molecule is CC(C)(C)OC(=O)c1csc(-n2cc(C=O)c(-c3ccccc3)n2)n1. The topological polar surface area (TPSA) is 74.1 Å². The van der Waals surface area contributed by atoms with Gasteiger partial charge >= 0.3 is 5.97 Å². The van der Waals surface area contributed by atoms with Gasteiger partial charge in [0.2, 0.25) is 5.13 Å². The minimum absolute atomic E-state index is 0.222. The zero-order valence-electron chi connectivity index (χ0n) is 14.1. The highest BCUT2D eigenvalue weighted by Crippen LogP contribution is 2.24. The third kappa shape index (κ3) is 3.83. The standard InChI is InChI=1S/C18H17N3O3S/c1-18(2,3)24-16(23)14-11-25-17(19-14)21-9-13(10-22)15(20-21)12-7-5-4-6-8-12/h4-11H,1-3H3. The number of rotatable bonds is 4. The largest absolute Gasteiger partial charge is 0.455 e. The first-order valence-electron chi connectivity index (χ1n) is 7.67. The average molecular weight is 355 g/mol. The lowest BCUT2D eigenvalue weighted by atomic mass is 10.1. The maximum atomic E-state index is 12.1. The number of carbonyl (C=O) groups excluding carboxylic acids is 2. The van der Waals surface area contributed by atoms with Crippen molar-refractivity contribution in [3.63, 3.8) is 0 Å². The van der Waals surface area contributed by atoms with Gasteiger partial charge in [0.15, 0.2) is 12.0 Å². The number of esters is 1. The number of aromatic nitrogens is 3. The molecule has 0 bridgehead atoms. The number of thiazole rings is 1. The number of carbonyl (C=O) groups is 2. The molecule has 25 heavy (non-hydrogen) atoms. The van der Waals surface area contributed by atoms with Gasteiger partial charge in [0.05, 0.1) is 5.56 Å². The summed E-state index contributed by atoms with van der Waals surface area (Å²) in [5.74, 6) is -0.485. The van der Waals surface area contributed by atoms with Crippen LogP contribution in [0.1, 0.15) is 41.6 Å². The van der Waals surface area contributed by atoms with Gasteiger partial charge in [-0.3, -0.25) is 4.79 Å². The van der Waals surface area contributed by atoms with Crippen molar-refractivity contribution < 1.29 is 14.3 Å². The van der Waals surface area contributed by atoms with E-state index in [1.165, 1.54) is 16.0 Å². The van der Waals surface area contributed by atoms with Gasteiger partial charge in [-0.05, 0) is 20.8 Å². The summed E-state index contributed by atoms with van der Waals surface area (Å²) in [7, 11) is 0. The number of hydrogen-bond acceptors (Lipinski definition) is 6. The van der Waals surface area contributed by atoms with Crippen LogP contribution in [0.25, 0.3) is 16.4 Å². The monoisotopic (exact) mass is 355 g/mol. The van der Waals surface area contributed by atoms with Gasteiger partial charge in [-0.25, -0.2) is 14.5 Å². The van der Waals surface area contributed by atoms with Crippen molar-refractivity contribution in [1.82, 2.24) is 14.8 Å². The number of aldehydes is 1. The Bertz CT molecular complexity index is 907. The number of hydrogen-bond donors (Lipinski definition) is 0. The van der Waals surface area contributed by atoms with Crippen LogP contribution in [-0.2, 0) is 4.74 Å². The molecule has 0 spiro atoms. The van der Waals surface area contributed by atoms with Gasteiger partial charge < -0.3 is 4.74 Å². The molecule has 2 aromatic heterocycles. The van der Waals surface area contributed by atoms with E-state index in [0.717, 1.165) is 11.8 Å². The van der Waals surface area contributed by atoms with Crippen LogP contribution in [0.2, 0.25) is 0 Å². The van der Waals surface area contributed by atoms with E-state index >= 15 is 0 Å². The predicted molar refractivity (Wildman–Crippen MR) is 95.2 cm³/mol. The van der Waals surface area contributed by atoms with E-state index in [0.29, 0.717) is 16.4 Å². The van der Waals surface area contributed by atoms with Crippen molar-refractivity contribution in [3.05, 3.63) is 53.2 Å². The van der Waals surface area contributed by atoms with Crippen molar-refractivity contribution in [2.75, 3.05) is 0 Å². The second kappa shape index (κ2) is 6.60. The zero-order chi connectivity index (χ0) is 18.0. The highest BCUT2D eigenvalue weighted by molar-refractivity contribution is 7.12. The van der Waals surface area contributed by atoms with Gasteiger partial charge in [-0.2, -0.15) is 5.10 Å². The summed E-state index contributed by atoms with van der Waals surface area (Å²) in [6.07, 6.45) is 2.36. The fraction of sp³-hybridized carbons (Fsp3) is 0.222. The Kier molecular flexibility index (Phi) is 4.50. The normalized spacial score (nSPS) is 11.3. The quantitative estimate of drug-likeness (QED) is 0.526. The van der Waals surface area contributed by atoms with Crippen LogP contribution in [0.4, 0.5) is 0 Å². The second-order valence-corrected chi connectivity index (χ2v) is 7.22. The van der Waals surface area contributed by atoms with Crippen molar-refractivity contribution in [2.24, 2.45) is 0 Å². The Morgan fingerprint density at radius 2 is 1.96 bits per heavy atom. The molecule has 6 nitrogen and oxygen atoms in total. The molecule has 0 aliphatic heterocycles. The third-order valence-electron chi connectivity index (χ3n) is 3.21. The lowest BCUT2D eigenvalue weighted by Gasteiger charge is -2.18. The first-order valence-corrected chi connectivity index (χ1v) is 8.55. The average Bonchev–Trinajstić information content (AvgIpc) is 3.21. The molecule has 0 unspecified atom stereocenters. The van der Waals surface area contributed by atoms with Crippen molar-refractivity contribution in [3.8, 4) is 16.4 Å². The summed E-state index contributed by atoms with van der Waals surface area (Å²) in [6, 6.07) is 9.43. The van der Waals surface area contributed by atoms with Gasteiger partial charge in [-0.15, -0.1) is 11.3 Å². The Morgan fingerprint density at radius 1 is 1.24 bits per heavy atom. The highest BCUT2D eigenvalue weighted by atomic mass is 32.1. The van der Waals surface area contributed by atoms with E-state index in [1.807, 2.05) is 30.3 Å². The lowest BCUT2D eigenvalue weighted by Crippen LogP contribution is -2.24. The van der Waals surface area contributed by atoms with Crippen molar-refractivity contribution in [2.45, 2.75) is 26.4 Å². The van der Waals surface area contributed by atoms with E-state index in [2.05, 4.69) is 10.1 Å². The summed E-state index contributed by atoms with van der Waals surface area (Å²) >= 11 is 1.26. The smallest absolute Gasteiger partial charge is 0.358 e. The molecule has 1 aromatic carbocycles. The van der Waals surface area contributed by atoms with Crippen LogP contribution in [0, 0.1) is 0 Å². The van der Waals surface area contributed by atoms with E-state index in [1.54, 1.807) is 32.3 Å². The Morgan fingerprint density at radius 3 is 2.60 bits per heavy atom. The molecule has 3 aromatic rings. The van der Waals surface area contributed by atoms with Crippen LogP contribution in [0.15, 0.2) is 41.9 Å². The maximum absolute atomic E-state index is 12.1. The summed E-state index contributed by atoms with van der Waals surface area (Å²) in [5.41, 5.74) is 1.51. The van der Waals surface area contributed by atoms with E-state index in [4.69, 9.17) is 4.74 Å².